The van der Waals surface area contributed by atoms with Crippen LogP contribution in [0.25, 0.3) is 11.1 Å². The van der Waals surface area contributed by atoms with Crippen molar-refractivity contribution in [2.24, 2.45) is 5.92 Å². The van der Waals surface area contributed by atoms with Gasteiger partial charge in [-0.1, -0.05) is 6.07 Å². The Morgan fingerprint density at radius 2 is 1.72 bits per heavy atom. The van der Waals surface area contributed by atoms with Crippen LogP contribution in [0.3, 0.4) is 0 Å². The molecule has 0 unspecified atom stereocenters. The first kappa shape index (κ1) is 20.9. The van der Waals surface area contributed by atoms with Gasteiger partial charge < -0.3 is 15.5 Å². The van der Waals surface area contributed by atoms with Crippen LogP contribution in [0.15, 0.2) is 30.3 Å². The number of carboxylic acids is 2. The first-order valence-corrected chi connectivity index (χ1v) is 10.7. The molecule has 0 atom stereocenters. The molecule has 29 heavy (non-hydrogen) atoms. The molecule has 1 fully saturated rings. The molecule has 0 heterocycles. The van der Waals surface area contributed by atoms with Gasteiger partial charge in [-0.15, -0.1) is 0 Å². The van der Waals surface area contributed by atoms with Crippen molar-refractivity contribution < 1.29 is 28.2 Å². The molecule has 2 aromatic carbocycles. The Hall–Kier alpha value is -2.87. The number of carboxylic acid groups (broad SMARTS) is 2. The summed E-state index contributed by atoms with van der Waals surface area (Å²) < 4.78 is 21.9. The molecule has 3 rings (SSSR count). The van der Waals surface area contributed by atoms with E-state index in [2.05, 4.69) is 5.32 Å². The first-order valence-electron chi connectivity index (χ1n) is 9.36. The highest BCUT2D eigenvalue weighted by atomic mass is 32.2. The van der Waals surface area contributed by atoms with E-state index in [1.165, 1.54) is 6.07 Å². The van der Waals surface area contributed by atoms with Crippen molar-refractivity contribution in [1.29, 1.82) is 0 Å². The van der Waals surface area contributed by atoms with Crippen LogP contribution in [0.1, 0.15) is 44.7 Å². The number of aromatic carboxylic acids is 2. The predicted octanol–water partition coefficient (Wildman–Crippen LogP) is 3.03. The van der Waals surface area contributed by atoms with Crippen molar-refractivity contribution >= 4 is 28.3 Å². The van der Waals surface area contributed by atoms with Gasteiger partial charge in [0.2, 0.25) is 0 Å². The number of hydrogen-bond donors (Lipinski definition) is 4. The normalized spacial score (nSPS) is 13.4. The lowest BCUT2D eigenvalue weighted by molar-refractivity contribution is 0.0695. The van der Waals surface area contributed by atoms with E-state index in [0.717, 1.165) is 30.6 Å². The molecule has 0 radical (unpaired) electrons. The molecular weight excluding hydrogens is 394 g/mol. The number of carbonyl (C=O) groups is 2. The fourth-order valence-electron chi connectivity index (χ4n) is 3.26. The van der Waals surface area contributed by atoms with Gasteiger partial charge in [0.05, 0.1) is 16.9 Å². The Morgan fingerprint density at radius 1 is 1.03 bits per heavy atom. The molecule has 3 N–H and O–H groups in total. The Kier molecular flexibility index (Phi) is 6.22. The van der Waals surface area contributed by atoms with E-state index in [4.69, 9.17) is 0 Å². The Labute approximate surface area is 170 Å². The van der Waals surface area contributed by atoms with Crippen molar-refractivity contribution in [2.75, 3.05) is 17.6 Å². The predicted molar refractivity (Wildman–Crippen MR) is 111 cm³/mol. The van der Waals surface area contributed by atoms with Crippen molar-refractivity contribution in [1.82, 2.24) is 0 Å². The highest BCUT2D eigenvalue weighted by Gasteiger charge is 2.23. The third-order valence-electron chi connectivity index (χ3n) is 5.06. The third-order valence-corrected chi connectivity index (χ3v) is 5.65. The fourth-order valence-corrected chi connectivity index (χ4v) is 3.70. The minimum atomic E-state index is -2.51. The second-order valence-electron chi connectivity index (χ2n) is 7.33. The molecule has 154 valence electrons. The zero-order valence-electron chi connectivity index (χ0n) is 16.0. The standard InChI is InChI=1S/C21H23NO6S/c1-12-8-16(18(21(25)26)10-15(12)20(23)24)17-9-13(6-7-29(27)28)4-5-19(17)22-11-14-2-3-14/h4-5,8-10,14,22,29H,2-3,6-7,11H2,1H3,(H,23,24)(H,25,26). The Bertz CT molecular complexity index is 1030. The molecule has 0 spiro atoms. The molecule has 0 amide bonds. The summed E-state index contributed by atoms with van der Waals surface area (Å²) in [5, 5.41) is 22.4. The number of aryl methyl sites for hydroxylation is 2. The van der Waals surface area contributed by atoms with E-state index < -0.39 is 22.6 Å². The van der Waals surface area contributed by atoms with Crippen molar-refractivity contribution in [3.05, 3.63) is 52.6 Å². The van der Waals surface area contributed by atoms with E-state index in [1.807, 2.05) is 12.1 Å². The third kappa shape index (κ3) is 5.14. The smallest absolute Gasteiger partial charge is 0.336 e. The van der Waals surface area contributed by atoms with Gasteiger partial charge in [0.1, 0.15) is 10.7 Å². The lowest BCUT2D eigenvalue weighted by atomic mass is 9.91. The molecular formula is C21H23NO6S. The SMILES string of the molecule is Cc1cc(-c2cc(CC[SH](=O)=O)ccc2NCC2CC2)c(C(=O)O)cc1C(=O)O. The van der Waals surface area contributed by atoms with E-state index >= 15 is 0 Å². The van der Waals surface area contributed by atoms with E-state index in [9.17, 15) is 28.2 Å². The van der Waals surface area contributed by atoms with Crippen LogP contribution in [0.4, 0.5) is 5.69 Å². The molecule has 7 nitrogen and oxygen atoms in total. The van der Waals surface area contributed by atoms with E-state index in [0.29, 0.717) is 29.0 Å². The molecule has 1 saturated carbocycles. The maximum Gasteiger partial charge on any atom is 0.336 e. The summed E-state index contributed by atoms with van der Waals surface area (Å²) >= 11 is 0. The van der Waals surface area contributed by atoms with Crippen LogP contribution in [0, 0.1) is 12.8 Å². The second-order valence-corrected chi connectivity index (χ2v) is 8.45. The molecule has 8 heteroatoms. The summed E-state index contributed by atoms with van der Waals surface area (Å²) in [7, 11) is -2.51. The van der Waals surface area contributed by atoms with Crippen LogP contribution in [-0.2, 0) is 17.1 Å². The highest BCUT2D eigenvalue weighted by molar-refractivity contribution is 7.72. The zero-order valence-corrected chi connectivity index (χ0v) is 16.9. The average molecular weight is 417 g/mol. The number of nitrogens with one attached hydrogen (secondary N) is 1. The molecule has 1 aliphatic carbocycles. The van der Waals surface area contributed by atoms with Crippen LogP contribution in [-0.4, -0.2) is 42.9 Å². The minimum absolute atomic E-state index is 0.00634. The number of thiol groups is 1. The van der Waals surface area contributed by atoms with Gasteiger partial charge in [0.25, 0.3) is 0 Å². The lowest BCUT2D eigenvalue weighted by Crippen LogP contribution is -2.09. The van der Waals surface area contributed by atoms with Crippen LogP contribution in [0.5, 0.6) is 0 Å². The maximum atomic E-state index is 11.9. The van der Waals surface area contributed by atoms with Crippen molar-refractivity contribution in [3.63, 3.8) is 0 Å². The van der Waals surface area contributed by atoms with E-state index in [1.54, 1.807) is 19.1 Å². The molecule has 0 aromatic heterocycles. The van der Waals surface area contributed by atoms with E-state index in [-0.39, 0.29) is 16.9 Å². The molecule has 1 aliphatic rings. The van der Waals surface area contributed by atoms with Gasteiger partial charge in [-0.2, -0.15) is 0 Å². The highest BCUT2D eigenvalue weighted by Crippen LogP contribution is 2.36. The minimum Gasteiger partial charge on any atom is -0.478 e. The molecule has 2 aromatic rings. The molecule has 0 aliphatic heterocycles. The van der Waals surface area contributed by atoms with Crippen molar-refractivity contribution in [3.8, 4) is 11.1 Å². The topological polar surface area (TPSA) is 121 Å². The second kappa shape index (κ2) is 8.65. The fraction of sp³-hybridized carbons (Fsp3) is 0.333. The average Bonchev–Trinajstić information content (AvgIpc) is 3.48. The van der Waals surface area contributed by atoms with Crippen LogP contribution < -0.4 is 5.32 Å². The van der Waals surface area contributed by atoms with Gasteiger partial charge in [-0.25, -0.2) is 18.0 Å². The number of benzene rings is 2. The summed E-state index contributed by atoms with van der Waals surface area (Å²) in [5.74, 6) is -1.80. The Balaban J connectivity index is 2.12. The number of hydrogen-bond acceptors (Lipinski definition) is 5. The van der Waals surface area contributed by atoms with Crippen LogP contribution >= 0.6 is 0 Å². The first-order chi connectivity index (χ1) is 13.8. The van der Waals surface area contributed by atoms with Crippen LogP contribution in [0.2, 0.25) is 0 Å². The maximum absolute atomic E-state index is 11.9. The monoisotopic (exact) mass is 417 g/mol. The summed E-state index contributed by atoms with van der Waals surface area (Å²) in [6.07, 6.45) is 2.64. The molecule has 0 saturated heterocycles. The number of rotatable bonds is 9. The summed E-state index contributed by atoms with van der Waals surface area (Å²) in [5.41, 5.74) is 2.85. The summed E-state index contributed by atoms with van der Waals surface area (Å²) in [6, 6.07) is 8.20. The lowest BCUT2D eigenvalue weighted by Gasteiger charge is -2.17. The summed E-state index contributed by atoms with van der Waals surface area (Å²) in [6.45, 7) is 2.40. The van der Waals surface area contributed by atoms with Crippen molar-refractivity contribution in [2.45, 2.75) is 26.2 Å². The van der Waals surface area contributed by atoms with Gasteiger partial charge in [-0.05, 0) is 73.1 Å². The van der Waals surface area contributed by atoms with Gasteiger partial charge in [0, 0.05) is 17.8 Å². The quantitative estimate of drug-likeness (QED) is 0.463. The zero-order chi connectivity index (χ0) is 21.1. The van der Waals surface area contributed by atoms with Gasteiger partial charge in [0.15, 0.2) is 0 Å². The van der Waals surface area contributed by atoms with Gasteiger partial charge >= 0.3 is 11.9 Å². The largest absolute Gasteiger partial charge is 0.478 e. The Morgan fingerprint density at radius 3 is 2.31 bits per heavy atom. The summed E-state index contributed by atoms with van der Waals surface area (Å²) in [4.78, 5) is 23.3. The number of anilines is 1. The van der Waals surface area contributed by atoms with Gasteiger partial charge in [-0.3, -0.25) is 0 Å². The molecule has 0 bridgehead atoms.